The van der Waals surface area contributed by atoms with Gasteiger partial charge < -0.3 is 10.2 Å². The maximum atomic E-state index is 14.6. The quantitative estimate of drug-likeness (QED) is 0.367. The number of rotatable bonds is 12. The van der Waals surface area contributed by atoms with Gasteiger partial charge in [0.15, 0.2) is 0 Å². The molecule has 3 aromatic rings. The van der Waals surface area contributed by atoms with Crippen LogP contribution in [0.1, 0.15) is 38.3 Å². The Bertz CT molecular complexity index is 1350. The van der Waals surface area contributed by atoms with Crippen LogP contribution in [0.5, 0.6) is 0 Å². The average molecular weight is 540 g/mol. The van der Waals surface area contributed by atoms with Crippen molar-refractivity contribution < 1.29 is 22.4 Å². The molecular weight excluding hydrogens is 505 g/mol. The van der Waals surface area contributed by atoms with Gasteiger partial charge in [-0.15, -0.1) is 0 Å². The van der Waals surface area contributed by atoms with Gasteiger partial charge >= 0.3 is 0 Å². The van der Waals surface area contributed by atoms with Crippen LogP contribution in [0.15, 0.2) is 83.8 Å². The first kappa shape index (κ1) is 28.8. The minimum Gasteiger partial charge on any atom is -0.354 e. The molecule has 0 spiro atoms. The molecule has 2 amide bonds. The van der Waals surface area contributed by atoms with E-state index in [2.05, 4.69) is 5.32 Å². The summed E-state index contributed by atoms with van der Waals surface area (Å²) in [6.07, 6.45) is 1.25. The third kappa shape index (κ3) is 6.77. The molecule has 0 radical (unpaired) electrons. The number of nitrogens with one attached hydrogen (secondary N) is 1. The molecule has 0 aliphatic rings. The summed E-state index contributed by atoms with van der Waals surface area (Å²) in [6, 6.07) is 19.9. The number of anilines is 1. The van der Waals surface area contributed by atoms with Crippen LogP contribution >= 0.6 is 0 Å². The Morgan fingerprint density at radius 3 is 2.13 bits per heavy atom. The second kappa shape index (κ2) is 13.2. The van der Waals surface area contributed by atoms with Crippen molar-refractivity contribution in [2.24, 2.45) is 0 Å². The van der Waals surface area contributed by atoms with Crippen molar-refractivity contribution in [3.8, 4) is 0 Å². The zero-order chi connectivity index (χ0) is 27.7. The lowest BCUT2D eigenvalue weighted by atomic mass is 10.1. The minimum atomic E-state index is -4.15. The standard InChI is InChI=1S/C29H34FN3O4S/c1-4-19-31-29(35)22(3)32(20-24-14-9-11-17-26(24)30)28(34)21-33(27-18-12-10-13-23(27)5-2)38(36,37)25-15-7-6-8-16-25/h6-18,22H,4-5,19-21H2,1-3H3,(H,31,35). The number of aryl methyl sites for hydroxylation is 1. The van der Waals surface area contributed by atoms with E-state index in [1.807, 2.05) is 26.0 Å². The first-order valence-electron chi connectivity index (χ1n) is 12.7. The van der Waals surface area contributed by atoms with Gasteiger partial charge in [0, 0.05) is 18.7 Å². The molecule has 3 rings (SSSR count). The first-order chi connectivity index (χ1) is 18.2. The van der Waals surface area contributed by atoms with Gasteiger partial charge in [-0.25, -0.2) is 12.8 Å². The van der Waals surface area contributed by atoms with Crippen molar-refractivity contribution in [3.05, 3.63) is 95.8 Å². The summed E-state index contributed by atoms with van der Waals surface area (Å²) in [6.45, 7) is 5.03. The molecule has 0 fully saturated rings. The molecule has 0 aromatic heterocycles. The number of hydrogen-bond donors (Lipinski definition) is 1. The van der Waals surface area contributed by atoms with Crippen LogP contribution in [0.25, 0.3) is 0 Å². The van der Waals surface area contributed by atoms with Crippen molar-refractivity contribution >= 4 is 27.5 Å². The largest absolute Gasteiger partial charge is 0.354 e. The summed E-state index contributed by atoms with van der Waals surface area (Å²) >= 11 is 0. The molecule has 0 bridgehead atoms. The van der Waals surface area contributed by atoms with Gasteiger partial charge in [-0.1, -0.05) is 68.4 Å². The zero-order valence-electron chi connectivity index (χ0n) is 21.9. The molecule has 7 nitrogen and oxygen atoms in total. The Morgan fingerprint density at radius 2 is 1.50 bits per heavy atom. The van der Waals surface area contributed by atoms with Crippen LogP contribution in [0.3, 0.4) is 0 Å². The molecule has 0 saturated carbocycles. The van der Waals surface area contributed by atoms with E-state index in [1.165, 1.54) is 35.2 Å². The fourth-order valence-corrected chi connectivity index (χ4v) is 5.55. The van der Waals surface area contributed by atoms with Crippen molar-refractivity contribution in [2.45, 2.75) is 51.1 Å². The van der Waals surface area contributed by atoms with Gasteiger partial charge in [-0.2, -0.15) is 0 Å². The van der Waals surface area contributed by atoms with Crippen LogP contribution in [-0.4, -0.2) is 44.3 Å². The Balaban J connectivity index is 2.05. The summed E-state index contributed by atoms with van der Waals surface area (Å²) in [7, 11) is -4.15. The Hall–Kier alpha value is -3.72. The second-order valence-electron chi connectivity index (χ2n) is 8.89. The SMILES string of the molecule is CCCNC(=O)C(C)N(Cc1ccccc1F)C(=O)CN(c1ccccc1CC)S(=O)(=O)c1ccccc1. The number of carbonyl (C=O) groups is 2. The van der Waals surface area contributed by atoms with E-state index in [9.17, 15) is 22.4 Å². The van der Waals surface area contributed by atoms with Gasteiger partial charge in [0.2, 0.25) is 11.8 Å². The predicted molar refractivity (Wildman–Crippen MR) is 147 cm³/mol. The summed E-state index contributed by atoms with van der Waals surface area (Å²) in [5.41, 5.74) is 1.35. The van der Waals surface area contributed by atoms with Crippen LogP contribution in [0.2, 0.25) is 0 Å². The molecule has 0 aliphatic heterocycles. The fraction of sp³-hybridized carbons (Fsp3) is 0.310. The smallest absolute Gasteiger partial charge is 0.264 e. The third-order valence-corrected chi connectivity index (χ3v) is 8.04. The third-order valence-electron chi connectivity index (χ3n) is 6.27. The van der Waals surface area contributed by atoms with Gasteiger partial charge in [0.25, 0.3) is 10.0 Å². The van der Waals surface area contributed by atoms with Crippen molar-refractivity contribution in [2.75, 3.05) is 17.4 Å². The number of halogens is 1. The van der Waals surface area contributed by atoms with Gasteiger partial charge in [-0.05, 0) is 49.6 Å². The van der Waals surface area contributed by atoms with Crippen molar-refractivity contribution in [1.29, 1.82) is 0 Å². The molecule has 9 heteroatoms. The lowest BCUT2D eigenvalue weighted by Crippen LogP contribution is -2.51. The molecule has 0 saturated heterocycles. The molecule has 1 unspecified atom stereocenters. The molecule has 3 aromatic carbocycles. The van der Waals surface area contributed by atoms with E-state index in [4.69, 9.17) is 0 Å². The molecule has 0 heterocycles. The van der Waals surface area contributed by atoms with Crippen LogP contribution in [0.4, 0.5) is 10.1 Å². The number of hydrogen-bond acceptors (Lipinski definition) is 4. The van der Waals surface area contributed by atoms with Crippen LogP contribution < -0.4 is 9.62 Å². The Kier molecular flexibility index (Phi) is 10.0. The highest BCUT2D eigenvalue weighted by atomic mass is 32.2. The molecule has 0 aliphatic carbocycles. The summed E-state index contributed by atoms with van der Waals surface area (Å²) in [5, 5.41) is 2.77. The van der Waals surface area contributed by atoms with Crippen molar-refractivity contribution in [3.63, 3.8) is 0 Å². The van der Waals surface area contributed by atoms with E-state index in [-0.39, 0.29) is 17.0 Å². The second-order valence-corrected chi connectivity index (χ2v) is 10.7. The summed E-state index contributed by atoms with van der Waals surface area (Å²) < 4.78 is 43.3. The van der Waals surface area contributed by atoms with Crippen molar-refractivity contribution in [1.82, 2.24) is 10.2 Å². The molecule has 1 N–H and O–H groups in total. The van der Waals surface area contributed by atoms with Gasteiger partial charge in [0.1, 0.15) is 18.4 Å². The van der Waals surface area contributed by atoms with Crippen LogP contribution in [0, 0.1) is 5.82 Å². The highest BCUT2D eigenvalue weighted by Crippen LogP contribution is 2.28. The predicted octanol–water partition coefficient (Wildman–Crippen LogP) is 4.53. The highest BCUT2D eigenvalue weighted by molar-refractivity contribution is 7.92. The molecular formula is C29H34FN3O4S. The average Bonchev–Trinajstić information content (AvgIpc) is 2.94. The van der Waals surface area contributed by atoms with E-state index in [0.29, 0.717) is 25.1 Å². The lowest BCUT2D eigenvalue weighted by Gasteiger charge is -2.32. The van der Waals surface area contributed by atoms with Gasteiger partial charge in [-0.3, -0.25) is 13.9 Å². The zero-order valence-corrected chi connectivity index (χ0v) is 22.7. The number of benzene rings is 3. The van der Waals surface area contributed by atoms with Gasteiger partial charge in [0.05, 0.1) is 10.6 Å². The fourth-order valence-electron chi connectivity index (χ4n) is 4.07. The summed E-state index contributed by atoms with van der Waals surface area (Å²) in [4.78, 5) is 28.0. The first-order valence-corrected chi connectivity index (χ1v) is 14.1. The maximum absolute atomic E-state index is 14.6. The lowest BCUT2D eigenvalue weighted by molar-refractivity contribution is -0.139. The van der Waals surface area contributed by atoms with E-state index in [0.717, 1.165) is 9.87 Å². The normalized spacial score (nSPS) is 12.0. The Morgan fingerprint density at radius 1 is 0.895 bits per heavy atom. The highest BCUT2D eigenvalue weighted by Gasteiger charge is 2.33. The number of amides is 2. The van der Waals surface area contributed by atoms with E-state index in [1.54, 1.807) is 43.3 Å². The number of sulfonamides is 1. The Labute approximate surface area is 224 Å². The molecule has 38 heavy (non-hydrogen) atoms. The number of carbonyl (C=O) groups excluding carboxylic acids is 2. The molecule has 1 atom stereocenters. The minimum absolute atomic E-state index is 0.0353. The number of para-hydroxylation sites is 1. The van der Waals surface area contributed by atoms with E-state index >= 15 is 0 Å². The topological polar surface area (TPSA) is 86.8 Å². The number of nitrogens with zero attached hydrogens (tertiary/aromatic N) is 2. The van der Waals surface area contributed by atoms with E-state index < -0.39 is 40.2 Å². The monoisotopic (exact) mass is 539 g/mol. The van der Waals surface area contributed by atoms with Crippen LogP contribution in [-0.2, 0) is 32.6 Å². The maximum Gasteiger partial charge on any atom is 0.264 e. The molecule has 202 valence electrons. The summed E-state index contributed by atoms with van der Waals surface area (Å²) in [5.74, 6) is -1.54.